The smallest absolute Gasteiger partial charge is 0.241 e. The molecule has 1 aromatic heterocycles. The molecule has 1 amide bonds. The molecule has 1 aliphatic carbocycles. The van der Waals surface area contributed by atoms with E-state index in [1.54, 1.807) is 12.4 Å². The maximum Gasteiger partial charge on any atom is 0.241 e. The van der Waals surface area contributed by atoms with E-state index < -0.39 is 0 Å². The van der Waals surface area contributed by atoms with Crippen LogP contribution >= 0.6 is 0 Å². The number of pyridine rings is 1. The van der Waals surface area contributed by atoms with Crippen LogP contribution in [0.4, 0.5) is 5.69 Å². The van der Waals surface area contributed by atoms with E-state index in [9.17, 15) is 4.79 Å². The van der Waals surface area contributed by atoms with Crippen molar-refractivity contribution in [3.63, 3.8) is 0 Å². The minimum atomic E-state index is -0.0272. The monoisotopic (exact) mass is 259 g/mol. The summed E-state index contributed by atoms with van der Waals surface area (Å²) in [6.45, 7) is 1.96. The van der Waals surface area contributed by atoms with Gasteiger partial charge in [0.15, 0.2) is 0 Å². The van der Waals surface area contributed by atoms with Gasteiger partial charge in [0.1, 0.15) is 0 Å². The number of aryl methyl sites for hydroxylation is 1. The predicted molar refractivity (Wildman–Crippen MR) is 74.9 cm³/mol. The first kappa shape index (κ1) is 12.6. The second-order valence-electron chi connectivity index (χ2n) is 5.79. The Balaban J connectivity index is 1.64. The van der Waals surface area contributed by atoms with Gasteiger partial charge < -0.3 is 10.6 Å². The molecule has 4 nitrogen and oxygen atoms in total. The average molecular weight is 259 g/mol. The highest BCUT2D eigenvalue weighted by Crippen LogP contribution is 2.33. The zero-order valence-electron chi connectivity index (χ0n) is 11.4. The molecule has 0 aromatic carbocycles. The van der Waals surface area contributed by atoms with E-state index in [2.05, 4.69) is 15.6 Å². The maximum atomic E-state index is 12.3. The molecule has 2 fully saturated rings. The molecule has 2 N–H and O–H groups in total. The number of carbonyl (C=O) groups excluding carboxylic acids is 1. The molecular formula is C15H21N3O. The molecule has 0 bridgehead atoms. The summed E-state index contributed by atoms with van der Waals surface area (Å²) >= 11 is 0. The molecule has 102 valence electrons. The lowest BCUT2D eigenvalue weighted by molar-refractivity contribution is -0.117. The average Bonchev–Trinajstić information content (AvgIpc) is 2.85. The van der Waals surface area contributed by atoms with E-state index in [-0.39, 0.29) is 11.9 Å². The maximum absolute atomic E-state index is 12.3. The largest absolute Gasteiger partial charge is 0.324 e. The number of fused-ring (bicyclic) bond motifs is 1. The quantitative estimate of drug-likeness (QED) is 0.856. The summed E-state index contributed by atoms with van der Waals surface area (Å²) in [6.07, 6.45) is 9.59. The van der Waals surface area contributed by atoms with Crippen molar-refractivity contribution in [3.05, 3.63) is 24.0 Å². The highest BCUT2D eigenvalue weighted by molar-refractivity contribution is 5.95. The van der Waals surface area contributed by atoms with Crippen LogP contribution < -0.4 is 10.6 Å². The van der Waals surface area contributed by atoms with Crippen LogP contribution in [-0.4, -0.2) is 23.0 Å². The number of carbonyl (C=O) groups is 1. The first-order valence-corrected chi connectivity index (χ1v) is 7.21. The molecule has 1 saturated carbocycles. The van der Waals surface area contributed by atoms with Crippen LogP contribution in [0.3, 0.4) is 0 Å². The van der Waals surface area contributed by atoms with Crippen LogP contribution in [0.25, 0.3) is 0 Å². The fraction of sp³-hybridized carbons (Fsp3) is 0.600. The molecule has 3 unspecified atom stereocenters. The van der Waals surface area contributed by atoms with Gasteiger partial charge in [0.25, 0.3) is 0 Å². The van der Waals surface area contributed by atoms with Gasteiger partial charge in [-0.2, -0.15) is 0 Å². The fourth-order valence-corrected chi connectivity index (χ4v) is 3.35. The Labute approximate surface area is 114 Å². The highest BCUT2D eigenvalue weighted by Gasteiger charge is 2.38. The summed E-state index contributed by atoms with van der Waals surface area (Å²) in [5, 5.41) is 6.53. The zero-order valence-corrected chi connectivity index (χ0v) is 11.4. The van der Waals surface area contributed by atoms with Crippen molar-refractivity contribution in [1.29, 1.82) is 0 Å². The molecule has 1 saturated heterocycles. The lowest BCUT2D eigenvalue weighted by Crippen LogP contribution is -2.40. The fourth-order valence-electron chi connectivity index (χ4n) is 3.35. The van der Waals surface area contributed by atoms with Gasteiger partial charge in [0.05, 0.1) is 6.04 Å². The second kappa shape index (κ2) is 5.29. The van der Waals surface area contributed by atoms with Crippen LogP contribution in [0.15, 0.2) is 18.5 Å². The molecule has 2 heterocycles. The van der Waals surface area contributed by atoms with E-state index in [1.807, 2.05) is 13.0 Å². The molecule has 3 rings (SSSR count). The second-order valence-corrected chi connectivity index (χ2v) is 5.79. The van der Waals surface area contributed by atoms with Gasteiger partial charge >= 0.3 is 0 Å². The summed E-state index contributed by atoms with van der Waals surface area (Å²) in [7, 11) is 0. The minimum Gasteiger partial charge on any atom is -0.324 e. The van der Waals surface area contributed by atoms with Crippen molar-refractivity contribution >= 4 is 11.6 Å². The number of amides is 1. The Morgan fingerprint density at radius 3 is 3.05 bits per heavy atom. The van der Waals surface area contributed by atoms with E-state index in [4.69, 9.17) is 0 Å². The van der Waals surface area contributed by atoms with Gasteiger partial charge in [-0.1, -0.05) is 12.8 Å². The van der Waals surface area contributed by atoms with Crippen molar-refractivity contribution in [3.8, 4) is 0 Å². The third-order valence-corrected chi connectivity index (χ3v) is 4.46. The molecule has 0 spiro atoms. The highest BCUT2D eigenvalue weighted by atomic mass is 16.2. The van der Waals surface area contributed by atoms with Crippen molar-refractivity contribution < 1.29 is 4.79 Å². The molecule has 4 heteroatoms. The lowest BCUT2D eigenvalue weighted by Gasteiger charge is -2.24. The number of hydrogen-bond acceptors (Lipinski definition) is 3. The van der Waals surface area contributed by atoms with E-state index in [0.717, 1.165) is 17.7 Å². The summed E-state index contributed by atoms with van der Waals surface area (Å²) in [5.41, 5.74) is 1.88. The molecule has 1 aromatic rings. The normalized spacial score (nSPS) is 29.8. The first-order valence-electron chi connectivity index (χ1n) is 7.21. The van der Waals surface area contributed by atoms with Crippen LogP contribution in [0.5, 0.6) is 0 Å². The zero-order chi connectivity index (χ0) is 13.2. The molecule has 3 atom stereocenters. The Hall–Kier alpha value is -1.42. The summed E-state index contributed by atoms with van der Waals surface area (Å²) in [6, 6.07) is 2.39. The number of anilines is 1. The number of nitrogens with one attached hydrogen (secondary N) is 2. The van der Waals surface area contributed by atoms with Gasteiger partial charge in [-0.3, -0.25) is 9.78 Å². The van der Waals surface area contributed by atoms with Crippen LogP contribution in [0, 0.1) is 12.8 Å². The van der Waals surface area contributed by atoms with Crippen molar-refractivity contribution in [2.75, 3.05) is 5.32 Å². The lowest BCUT2D eigenvalue weighted by atomic mass is 9.85. The Kier molecular flexibility index (Phi) is 3.51. The van der Waals surface area contributed by atoms with Crippen molar-refractivity contribution in [2.24, 2.45) is 5.92 Å². The predicted octanol–water partition coefficient (Wildman–Crippen LogP) is 2.25. The van der Waals surface area contributed by atoms with Crippen LogP contribution in [-0.2, 0) is 4.79 Å². The summed E-state index contributed by atoms with van der Waals surface area (Å²) in [5.74, 6) is 0.798. The molecular weight excluding hydrogens is 238 g/mol. The number of rotatable bonds is 2. The van der Waals surface area contributed by atoms with Crippen molar-refractivity contribution in [1.82, 2.24) is 10.3 Å². The Bertz CT molecular complexity index is 460. The standard InChI is InChI=1S/C15H21N3O/c1-10-9-16-7-6-12(10)18-15(19)14-8-11-4-2-3-5-13(11)17-14/h6-7,9,11,13-14,17H,2-5,8H2,1H3,(H,16,18,19). The van der Waals surface area contributed by atoms with Crippen LogP contribution in [0.2, 0.25) is 0 Å². The SMILES string of the molecule is Cc1cnccc1NC(=O)C1CC2CCCCC2N1. The molecule has 2 aliphatic rings. The number of hydrogen-bond donors (Lipinski definition) is 2. The number of aromatic nitrogens is 1. The Morgan fingerprint density at radius 2 is 2.26 bits per heavy atom. The van der Waals surface area contributed by atoms with E-state index in [0.29, 0.717) is 12.0 Å². The topological polar surface area (TPSA) is 54.0 Å². The van der Waals surface area contributed by atoms with Gasteiger partial charge in [-0.25, -0.2) is 0 Å². The molecule has 19 heavy (non-hydrogen) atoms. The first-order chi connectivity index (χ1) is 9.24. The summed E-state index contributed by atoms with van der Waals surface area (Å²) in [4.78, 5) is 16.4. The molecule has 1 aliphatic heterocycles. The third-order valence-electron chi connectivity index (χ3n) is 4.46. The van der Waals surface area contributed by atoms with Gasteiger partial charge in [-0.05, 0) is 43.7 Å². The summed E-state index contributed by atoms with van der Waals surface area (Å²) < 4.78 is 0. The third kappa shape index (κ3) is 2.63. The molecule has 0 radical (unpaired) electrons. The van der Waals surface area contributed by atoms with Crippen LogP contribution in [0.1, 0.15) is 37.7 Å². The Morgan fingerprint density at radius 1 is 1.42 bits per heavy atom. The van der Waals surface area contributed by atoms with E-state index >= 15 is 0 Å². The number of nitrogens with zero attached hydrogens (tertiary/aromatic N) is 1. The van der Waals surface area contributed by atoms with E-state index in [1.165, 1.54) is 25.7 Å². The minimum absolute atomic E-state index is 0.0272. The van der Waals surface area contributed by atoms with Gasteiger partial charge in [-0.15, -0.1) is 0 Å². The van der Waals surface area contributed by atoms with Crippen molar-refractivity contribution in [2.45, 2.75) is 51.1 Å². The van der Waals surface area contributed by atoms with Gasteiger partial charge in [0, 0.05) is 24.1 Å². The van der Waals surface area contributed by atoms with Gasteiger partial charge in [0.2, 0.25) is 5.91 Å².